The van der Waals surface area contributed by atoms with Crippen molar-refractivity contribution >= 4 is 40.2 Å². The number of hydrogen-bond donors (Lipinski definition) is 0. The summed E-state index contributed by atoms with van der Waals surface area (Å²) in [4.78, 5) is 15.3. The molecule has 0 aliphatic heterocycles. The van der Waals surface area contributed by atoms with E-state index >= 15 is 0 Å². The van der Waals surface area contributed by atoms with E-state index in [1.54, 1.807) is 29.5 Å². The van der Waals surface area contributed by atoms with E-state index in [0.29, 0.717) is 3.70 Å². The van der Waals surface area contributed by atoms with E-state index < -0.39 is 12.4 Å². The first-order chi connectivity index (χ1) is 8.01. The van der Waals surface area contributed by atoms with Crippen LogP contribution in [0.1, 0.15) is 35.0 Å². The number of hydrogen-bond acceptors (Lipinski definition) is 3. The van der Waals surface area contributed by atoms with Gasteiger partial charge in [-0.05, 0) is 35.6 Å². The first-order valence-electron chi connectivity index (χ1n) is 4.71. The molecule has 1 heterocycles. The highest BCUT2D eigenvalue weighted by Crippen LogP contribution is 2.28. The predicted octanol–water partition coefficient (Wildman–Crippen LogP) is 3.54. The van der Waals surface area contributed by atoms with Crippen molar-refractivity contribution in [1.29, 1.82) is 0 Å². The van der Waals surface area contributed by atoms with Crippen molar-refractivity contribution in [3.63, 3.8) is 0 Å². The van der Waals surface area contributed by atoms with Gasteiger partial charge in [-0.2, -0.15) is 0 Å². The first kappa shape index (κ1) is 14.6. The van der Waals surface area contributed by atoms with Gasteiger partial charge in [0.1, 0.15) is 9.39 Å². The lowest BCUT2D eigenvalue weighted by Crippen LogP contribution is -2.11. The van der Waals surface area contributed by atoms with Crippen molar-refractivity contribution < 1.29 is 18.3 Å². The van der Waals surface area contributed by atoms with E-state index in [9.17, 15) is 13.6 Å². The molecule has 94 valence electrons. The number of carbonyl (C=O) groups excluding carboxylic acids is 1. The second-order valence-electron chi connectivity index (χ2n) is 3.02. The van der Waals surface area contributed by atoms with Gasteiger partial charge >= 0.3 is 5.97 Å². The molecule has 0 amide bonds. The fourth-order valence-corrected chi connectivity index (χ4v) is 2.46. The Bertz CT molecular complexity index is 429. The van der Waals surface area contributed by atoms with Gasteiger partial charge < -0.3 is 4.74 Å². The van der Waals surface area contributed by atoms with Crippen molar-refractivity contribution in [3.8, 4) is 0 Å². The number of ether oxygens (including phenoxy) is 1. The number of rotatable bonds is 4. The molecule has 7 heteroatoms. The molecule has 0 saturated carbocycles. The number of aromatic nitrogens is 1. The normalized spacial score (nSPS) is 10.7. The zero-order valence-electron chi connectivity index (χ0n) is 8.84. The number of carbonyl (C=O) groups is 1. The third kappa shape index (κ3) is 3.48. The molecule has 0 fully saturated rings. The Kier molecular flexibility index (Phi) is 5.51. The van der Waals surface area contributed by atoms with Gasteiger partial charge in [0.2, 0.25) is 0 Å². The molecule has 0 saturated heterocycles. The van der Waals surface area contributed by atoms with Crippen LogP contribution in [0.2, 0.25) is 0 Å². The topological polar surface area (TPSA) is 39.2 Å². The Hall–Kier alpha value is -0.500. The smallest absolute Gasteiger partial charge is 0.356 e. The molecule has 3 nitrogen and oxygen atoms in total. The predicted molar refractivity (Wildman–Crippen MR) is 67.4 cm³/mol. The minimum absolute atomic E-state index is 0.0753. The van der Waals surface area contributed by atoms with Crippen molar-refractivity contribution in [1.82, 2.24) is 4.98 Å². The fourth-order valence-electron chi connectivity index (χ4n) is 1.20. The molecular weight excluding hydrogens is 366 g/mol. The zero-order chi connectivity index (χ0) is 13.0. The summed E-state index contributed by atoms with van der Waals surface area (Å²) in [6.45, 7) is 1.79. The Balaban J connectivity index is 3.24. The van der Waals surface area contributed by atoms with Crippen LogP contribution in [-0.2, 0) is 10.6 Å². The third-order valence-corrected chi connectivity index (χ3v) is 3.12. The van der Waals surface area contributed by atoms with E-state index in [0.717, 1.165) is 6.07 Å². The van der Waals surface area contributed by atoms with Gasteiger partial charge in [-0.1, -0.05) is 0 Å². The summed E-state index contributed by atoms with van der Waals surface area (Å²) in [7, 11) is 0. The van der Waals surface area contributed by atoms with E-state index in [1.165, 1.54) is 0 Å². The lowest BCUT2D eigenvalue weighted by molar-refractivity contribution is 0.0518. The number of nitrogens with zero attached hydrogens (tertiary/aromatic N) is 1. The van der Waals surface area contributed by atoms with Crippen LogP contribution in [0.4, 0.5) is 8.78 Å². The Morgan fingerprint density at radius 1 is 1.65 bits per heavy atom. The number of esters is 1. The fraction of sp³-hybridized carbons (Fsp3) is 0.400. The maximum Gasteiger partial charge on any atom is 0.356 e. The van der Waals surface area contributed by atoms with Crippen LogP contribution in [0.15, 0.2) is 6.07 Å². The van der Waals surface area contributed by atoms with Crippen LogP contribution in [0.5, 0.6) is 0 Å². The number of alkyl halides is 3. The van der Waals surface area contributed by atoms with Gasteiger partial charge in [0.25, 0.3) is 6.43 Å². The quantitative estimate of drug-likeness (QED) is 0.350. The molecule has 0 radical (unpaired) electrons. The summed E-state index contributed by atoms with van der Waals surface area (Å²) in [6.07, 6.45) is -2.70. The van der Waals surface area contributed by atoms with Crippen LogP contribution < -0.4 is 0 Å². The number of halogens is 4. The second kappa shape index (κ2) is 6.44. The molecule has 0 aliphatic carbocycles. The third-order valence-electron chi connectivity index (χ3n) is 1.96. The number of pyridine rings is 1. The summed E-state index contributed by atoms with van der Waals surface area (Å²) in [5, 5.41) is 0. The Morgan fingerprint density at radius 3 is 2.76 bits per heavy atom. The van der Waals surface area contributed by atoms with Gasteiger partial charge in [-0.25, -0.2) is 18.6 Å². The largest absolute Gasteiger partial charge is 0.461 e. The van der Waals surface area contributed by atoms with Crippen LogP contribution in [-0.4, -0.2) is 17.6 Å². The van der Waals surface area contributed by atoms with Crippen molar-refractivity contribution in [2.45, 2.75) is 19.2 Å². The average molecular weight is 376 g/mol. The van der Waals surface area contributed by atoms with Crippen LogP contribution in [0.3, 0.4) is 0 Å². The van der Waals surface area contributed by atoms with Crippen LogP contribution >= 0.6 is 34.2 Å². The molecule has 0 aromatic carbocycles. The van der Waals surface area contributed by atoms with Crippen molar-refractivity contribution in [2.24, 2.45) is 0 Å². The highest BCUT2D eigenvalue weighted by Gasteiger charge is 2.20. The van der Waals surface area contributed by atoms with Gasteiger partial charge in [0.05, 0.1) is 12.5 Å². The summed E-state index contributed by atoms with van der Waals surface area (Å²) >= 11 is 7.35. The SMILES string of the molecule is CCOC(=O)c1cc(C(F)F)c(CCl)c(I)n1. The zero-order valence-corrected chi connectivity index (χ0v) is 11.8. The molecule has 1 aromatic heterocycles. The lowest BCUT2D eigenvalue weighted by Gasteiger charge is -2.10. The van der Waals surface area contributed by atoms with Gasteiger partial charge in [-0.3, -0.25) is 0 Å². The van der Waals surface area contributed by atoms with E-state index in [-0.39, 0.29) is 29.3 Å². The average Bonchev–Trinajstić information content (AvgIpc) is 2.28. The minimum atomic E-state index is -2.70. The summed E-state index contributed by atoms with van der Waals surface area (Å²) in [6, 6.07) is 1.03. The molecule has 1 rings (SSSR count). The van der Waals surface area contributed by atoms with Crippen molar-refractivity contribution in [3.05, 3.63) is 26.6 Å². The Labute approximate surface area is 116 Å². The molecule has 17 heavy (non-hydrogen) atoms. The summed E-state index contributed by atoms with van der Waals surface area (Å²) in [5.74, 6) is -0.790. The Morgan fingerprint density at radius 2 is 2.29 bits per heavy atom. The molecule has 0 aliphatic rings. The maximum atomic E-state index is 12.8. The molecule has 1 aromatic rings. The molecule has 0 unspecified atom stereocenters. The minimum Gasteiger partial charge on any atom is -0.461 e. The standard InChI is InChI=1S/C10H9ClF2INO2/c1-2-17-10(16)7-3-5(8(12)13)6(4-11)9(14)15-7/h3,8H,2,4H2,1H3. The first-order valence-corrected chi connectivity index (χ1v) is 6.33. The second-order valence-corrected chi connectivity index (χ2v) is 4.31. The summed E-state index contributed by atoms with van der Waals surface area (Å²) in [5.41, 5.74) is -0.154. The van der Waals surface area contributed by atoms with Crippen molar-refractivity contribution in [2.75, 3.05) is 6.61 Å². The summed E-state index contributed by atoms with van der Waals surface area (Å²) < 4.78 is 30.6. The highest BCUT2D eigenvalue weighted by molar-refractivity contribution is 14.1. The molecular formula is C10H9ClF2INO2. The van der Waals surface area contributed by atoms with E-state index in [1.807, 2.05) is 0 Å². The van der Waals surface area contributed by atoms with Crippen LogP contribution in [0, 0.1) is 3.70 Å². The van der Waals surface area contributed by atoms with Crippen LogP contribution in [0.25, 0.3) is 0 Å². The van der Waals surface area contributed by atoms with E-state index in [2.05, 4.69) is 4.98 Å². The lowest BCUT2D eigenvalue weighted by atomic mass is 10.1. The maximum absolute atomic E-state index is 12.8. The van der Waals surface area contributed by atoms with E-state index in [4.69, 9.17) is 16.3 Å². The molecule has 0 atom stereocenters. The molecule has 0 N–H and O–H groups in total. The van der Waals surface area contributed by atoms with Gasteiger partial charge in [-0.15, -0.1) is 11.6 Å². The van der Waals surface area contributed by atoms with Gasteiger partial charge in [0.15, 0.2) is 0 Å². The van der Waals surface area contributed by atoms with Gasteiger partial charge in [0, 0.05) is 11.1 Å². The molecule has 0 spiro atoms. The monoisotopic (exact) mass is 375 g/mol. The molecule has 0 bridgehead atoms. The highest BCUT2D eigenvalue weighted by atomic mass is 127.